The zero-order valence-corrected chi connectivity index (χ0v) is 17.5. The highest BCUT2D eigenvalue weighted by atomic mass is 35.5. The number of carbonyl (C=O) groups is 1. The van der Waals surface area contributed by atoms with E-state index in [9.17, 15) is 15.0 Å². The summed E-state index contributed by atoms with van der Waals surface area (Å²) < 4.78 is 6.01. The van der Waals surface area contributed by atoms with Crippen molar-refractivity contribution in [3.8, 4) is 17.0 Å². The molecule has 31 heavy (non-hydrogen) atoms. The second kappa shape index (κ2) is 7.63. The highest BCUT2D eigenvalue weighted by Gasteiger charge is 2.35. The number of halogens is 1. The minimum atomic E-state index is -1.23. The van der Waals surface area contributed by atoms with Crippen LogP contribution in [0.1, 0.15) is 6.42 Å². The molecule has 3 aromatic heterocycles. The zero-order valence-electron chi connectivity index (χ0n) is 16.8. The summed E-state index contributed by atoms with van der Waals surface area (Å²) in [7, 11) is 1.44. The Morgan fingerprint density at radius 2 is 2.13 bits per heavy atom. The molecule has 5 rings (SSSR count). The van der Waals surface area contributed by atoms with Crippen molar-refractivity contribution < 1.29 is 19.7 Å². The Bertz CT molecular complexity index is 1150. The van der Waals surface area contributed by atoms with Gasteiger partial charge in [0, 0.05) is 50.0 Å². The molecule has 2 aliphatic rings. The molecule has 2 saturated heterocycles. The smallest absolute Gasteiger partial charge is 0.432 e. The average molecular weight is 445 g/mol. The fraction of sp³-hybridized carbons (Fsp3) is 0.400. The van der Waals surface area contributed by atoms with Crippen LogP contribution in [0.25, 0.3) is 22.3 Å². The van der Waals surface area contributed by atoms with E-state index in [1.54, 1.807) is 6.20 Å². The number of nitrogens with zero attached hydrogens (tertiary/aromatic N) is 6. The molecule has 3 aromatic rings. The van der Waals surface area contributed by atoms with Gasteiger partial charge in [0.25, 0.3) is 0 Å². The van der Waals surface area contributed by atoms with Crippen LogP contribution < -0.4 is 9.64 Å². The Morgan fingerprint density at radius 1 is 1.29 bits per heavy atom. The number of anilines is 1. The van der Waals surface area contributed by atoms with Crippen LogP contribution in [-0.2, 0) is 0 Å². The van der Waals surface area contributed by atoms with Crippen LogP contribution in [0.3, 0.4) is 0 Å². The summed E-state index contributed by atoms with van der Waals surface area (Å²) in [5.41, 5.74) is 1.65. The van der Waals surface area contributed by atoms with Gasteiger partial charge in [0.15, 0.2) is 10.9 Å². The number of fused-ring (bicyclic) bond motifs is 2. The minimum absolute atomic E-state index is 0.127. The van der Waals surface area contributed by atoms with E-state index in [0.717, 1.165) is 43.1 Å². The van der Waals surface area contributed by atoms with Crippen molar-refractivity contribution in [1.82, 2.24) is 24.6 Å². The van der Waals surface area contributed by atoms with Crippen molar-refractivity contribution in [2.75, 3.05) is 38.2 Å². The molecule has 0 amide bonds. The molecule has 2 aliphatic heterocycles. The normalized spacial score (nSPS) is 21.5. The third-order valence-electron chi connectivity index (χ3n) is 5.92. The SMILES string of the molecule is COc1cc2c(nc1Cl)c(-c1ccc(N3CCN4C[C@H](O)C[C@H]4C3)nc1)nn2C(=O)O. The molecule has 11 heteroatoms. The lowest BCUT2D eigenvalue weighted by Gasteiger charge is -2.37. The largest absolute Gasteiger partial charge is 0.493 e. The monoisotopic (exact) mass is 444 g/mol. The summed E-state index contributed by atoms with van der Waals surface area (Å²) in [4.78, 5) is 25.1. The molecule has 10 nitrogen and oxygen atoms in total. The van der Waals surface area contributed by atoms with Crippen molar-refractivity contribution in [2.24, 2.45) is 0 Å². The molecule has 162 valence electrons. The highest BCUT2D eigenvalue weighted by molar-refractivity contribution is 6.31. The molecule has 0 radical (unpaired) electrons. The molecule has 5 heterocycles. The first-order valence-electron chi connectivity index (χ1n) is 9.94. The Morgan fingerprint density at radius 3 is 2.84 bits per heavy atom. The molecular weight excluding hydrogens is 424 g/mol. The predicted molar refractivity (Wildman–Crippen MR) is 114 cm³/mol. The van der Waals surface area contributed by atoms with Gasteiger partial charge in [-0.15, -0.1) is 0 Å². The van der Waals surface area contributed by atoms with Gasteiger partial charge in [-0.1, -0.05) is 11.6 Å². The molecule has 0 saturated carbocycles. The van der Waals surface area contributed by atoms with Gasteiger partial charge in [-0.05, 0) is 18.6 Å². The summed E-state index contributed by atoms with van der Waals surface area (Å²) in [6.45, 7) is 3.29. The van der Waals surface area contributed by atoms with Gasteiger partial charge in [0.05, 0.1) is 13.2 Å². The van der Waals surface area contributed by atoms with Crippen LogP contribution in [0.2, 0.25) is 5.15 Å². The fourth-order valence-corrected chi connectivity index (χ4v) is 4.64. The number of hydrogen-bond acceptors (Lipinski definition) is 8. The van der Waals surface area contributed by atoms with Crippen molar-refractivity contribution in [3.63, 3.8) is 0 Å². The summed E-state index contributed by atoms with van der Waals surface area (Å²) in [6, 6.07) is 5.59. The highest BCUT2D eigenvalue weighted by Crippen LogP contribution is 2.33. The molecule has 0 aromatic carbocycles. The van der Waals surface area contributed by atoms with Gasteiger partial charge < -0.3 is 19.8 Å². The third kappa shape index (κ3) is 3.46. The molecule has 0 bridgehead atoms. The second-order valence-corrected chi connectivity index (χ2v) is 8.14. The number of aliphatic hydroxyl groups is 1. The third-order valence-corrected chi connectivity index (χ3v) is 6.19. The molecule has 2 fully saturated rings. The van der Waals surface area contributed by atoms with E-state index in [4.69, 9.17) is 16.3 Å². The van der Waals surface area contributed by atoms with E-state index in [0.29, 0.717) is 22.8 Å². The van der Waals surface area contributed by atoms with Crippen molar-refractivity contribution >= 4 is 34.5 Å². The number of carboxylic acid groups (broad SMARTS) is 1. The first-order valence-corrected chi connectivity index (χ1v) is 10.3. The van der Waals surface area contributed by atoms with E-state index in [1.807, 2.05) is 12.1 Å². The maximum absolute atomic E-state index is 11.7. The van der Waals surface area contributed by atoms with Crippen LogP contribution in [0.5, 0.6) is 5.75 Å². The minimum Gasteiger partial charge on any atom is -0.493 e. The van der Waals surface area contributed by atoms with Crippen LogP contribution >= 0.6 is 11.6 Å². The van der Waals surface area contributed by atoms with E-state index >= 15 is 0 Å². The number of aromatic nitrogens is 4. The Labute approximate surface area is 182 Å². The zero-order chi connectivity index (χ0) is 21.7. The van der Waals surface area contributed by atoms with Gasteiger partial charge in [-0.3, -0.25) is 4.90 Å². The van der Waals surface area contributed by atoms with Gasteiger partial charge in [0.2, 0.25) is 0 Å². The van der Waals surface area contributed by atoms with Gasteiger partial charge in [0.1, 0.15) is 22.5 Å². The number of aliphatic hydroxyl groups excluding tert-OH is 1. The number of piperazine rings is 1. The van der Waals surface area contributed by atoms with E-state index in [2.05, 4.69) is 24.9 Å². The van der Waals surface area contributed by atoms with E-state index < -0.39 is 6.09 Å². The molecule has 0 aliphatic carbocycles. The quantitative estimate of drug-likeness (QED) is 0.584. The maximum Gasteiger partial charge on any atom is 0.432 e. The van der Waals surface area contributed by atoms with Crippen molar-refractivity contribution in [1.29, 1.82) is 0 Å². The van der Waals surface area contributed by atoms with Crippen molar-refractivity contribution in [2.45, 2.75) is 18.6 Å². The summed E-state index contributed by atoms with van der Waals surface area (Å²) in [5, 5.41) is 23.8. The summed E-state index contributed by atoms with van der Waals surface area (Å²) in [6.07, 6.45) is 0.960. The van der Waals surface area contributed by atoms with Crippen LogP contribution in [0.15, 0.2) is 24.4 Å². The average Bonchev–Trinajstić information content (AvgIpc) is 3.32. The number of hydrogen-bond donors (Lipinski definition) is 2. The summed E-state index contributed by atoms with van der Waals surface area (Å²) in [5.74, 6) is 1.10. The number of rotatable bonds is 3. The molecular formula is C20H21ClN6O4. The lowest BCUT2D eigenvalue weighted by atomic mass is 10.1. The van der Waals surface area contributed by atoms with Gasteiger partial charge in [-0.2, -0.15) is 9.78 Å². The van der Waals surface area contributed by atoms with E-state index in [-0.39, 0.29) is 22.5 Å². The molecule has 2 N–H and O–H groups in total. The molecule has 0 spiro atoms. The lowest BCUT2D eigenvalue weighted by molar-refractivity contribution is 0.173. The first-order chi connectivity index (χ1) is 14.9. The first kappa shape index (κ1) is 20.0. The Kier molecular flexibility index (Phi) is 4.92. The number of methoxy groups -OCH3 is 1. The maximum atomic E-state index is 11.7. The number of pyridine rings is 2. The Hall–Kier alpha value is -2.95. The van der Waals surface area contributed by atoms with Crippen LogP contribution in [0.4, 0.5) is 10.6 Å². The Balaban J connectivity index is 1.47. The topological polar surface area (TPSA) is 117 Å². The standard InChI is InChI=1S/C20H21ClN6O4/c1-31-15-7-14-18(23-19(15)21)17(24-27(14)20(29)30)11-2-3-16(22-8-11)26-5-4-25-10-13(28)6-12(25)9-26/h2-3,7-8,12-13,28H,4-6,9-10H2,1H3,(H,29,30)/t12-,13+/m0/s1. The second-order valence-electron chi connectivity index (χ2n) is 7.78. The number of ether oxygens (including phenoxy) is 1. The van der Waals surface area contributed by atoms with E-state index in [1.165, 1.54) is 13.2 Å². The summed E-state index contributed by atoms with van der Waals surface area (Å²) >= 11 is 6.17. The van der Waals surface area contributed by atoms with Gasteiger partial charge in [-0.25, -0.2) is 14.8 Å². The van der Waals surface area contributed by atoms with Crippen LogP contribution in [0, 0.1) is 0 Å². The predicted octanol–water partition coefficient (Wildman–Crippen LogP) is 1.94. The van der Waals surface area contributed by atoms with Gasteiger partial charge >= 0.3 is 6.09 Å². The molecule has 0 unspecified atom stereocenters. The fourth-order valence-electron chi connectivity index (χ4n) is 4.42. The lowest BCUT2D eigenvalue weighted by Crippen LogP contribution is -2.50. The van der Waals surface area contributed by atoms with Crippen molar-refractivity contribution in [3.05, 3.63) is 29.5 Å². The molecule has 2 atom stereocenters. The van der Waals surface area contributed by atoms with Crippen LogP contribution in [-0.4, -0.2) is 86.4 Å².